The summed E-state index contributed by atoms with van der Waals surface area (Å²) in [5.74, 6) is 0.713. The second-order valence-electron chi connectivity index (χ2n) is 7.05. The zero-order valence-corrected chi connectivity index (χ0v) is 13.2. The van der Waals surface area contributed by atoms with Gasteiger partial charge in [-0.1, -0.05) is 13.8 Å². The van der Waals surface area contributed by atoms with Crippen molar-refractivity contribution in [3.63, 3.8) is 0 Å². The van der Waals surface area contributed by atoms with Crippen LogP contribution in [0.5, 0.6) is 0 Å². The molecule has 0 radical (unpaired) electrons. The fraction of sp³-hybridized carbons (Fsp3) is 0.938. The van der Waals surface area contributed by atoms with Crippen molar-refractivity contribution >= 4 is 0 Å². The number of hydrogen-bond acceptors (Lipinski definition) is 3. The van der Waals surface area contributed by atoms with Crippen LogP contribution in [0, 0.1) is 22.7 Å². The summed E-state index contributed by atoms with van der Waals surface area (Å²) in [5.41, 5.74) is -0.172. The molecule has 3 heteroatoms. The molecule has 1 rings (SSSR count). The molecule has 0 bridgehead atoms. The average Bonchev–Trinajstić information content (AvgIpc) is 2.80. The monoisotopic (exact) mass is 265 g/mol. The highest BCUT2D eigenvalue weighted by molar-refractivity contribution is 4.91. The maximum atomic E-state index is 9.06. The van der Waals surface area contributed by atoms with Gasteiger partial charge in [0.25, 0.3) is 0 Å². The van der Waals surface area contributed by atoms with Crippen LogP contribution < -0.4 is 5.32 Å². The minimum atomic E-state index is -0.172. The molecule has 110 valence electrons. The summed E-state index contributed by atoms with van der Waals surface area (Å²) in [6, 6.07) is 3.08. The number of nitrogens with zero attached hydrogens (tertiary/aromatic N) is 2. The summed E-state index contributed by atoms with van der Waals surface area (Å²) in [5, 5.41) is 12.6. The summed E-state index contributed by atoms with van der Waals surface area (Å²) < 4.78 is 0. The Labute approximate surface area is 119 Å². The van der Waals surface area contributed by atoms with E-state index in [1.807, 2.05) is 13.8 Å². The van der Waals surface area contributed by atoms with Gasteiger partial charge in [0, 0.05) is 19.1 Å². The summed E-state index contributed by atoms with van der Waals surface area (Å²) in [6.45, 7) is 13.3. The van der Waals surface area contributed by atoms with Crippen molar-refractivity contribution in [1.82, 2.24) is 10.2 Å². The highest BCUT2D eigenvalue weighted by Crippen LogP contribution is 2.21. The number of nitriles is 1. The Kier molecular flexibility index (Phi) is 6.82. The largest absolute Gasteiger partial charge is 0.313 e. The topological polar surface area (TPSA) is 39.1 Å². The third-order valence-corrected chi connectivity index (χ3v) is 3.84. The minimum Gasteiger partial charge on any atom is -0.313 e. The maximum Gasteiger partial charge on any atom is 0.0683 e. The molecule has 19 heavy (non-hydrogen) atoms. The second kappa shape index (κ2) is 7.87. The molecule has 1 saturated heterocycles. The van der Waals surface area contributed by atoms with Gasteiger partial charge in [0.1, 0.15) is 0 Å². The van der Waals surface area contributed by atoms with Gasteiger partial charge in [-0.3, -0.25) is 0 Å². The van der Waals surface area contributed by atoms with Crippen LogP contribution in [0.3, 0.4) is 0 Å². The van der Waals surface area contributed by atoms with Crippen molar-refractivity contribution in [3.05, 3.63) is 0 Å². The van der Waals surface area contributed by atoms with Gasteiger partial charge in [-0.15, -0.1) is 0 Å². The second-order valence-corrected chi connectivity index (χ2v) is 7.05. The molecule has 1 heterocycles. The molecule has 0 aromatic carbocycles. The first kappa shape index (κ1) is 16.5. The molecule has 0 amide bonds. The molecule has 3 nitrogen and oxygen atoms in total. The molecule has 0 saturated carbocycles. The molecular formula is C16H31N3. The van der Waals surface area contributed by atoms with E-state index in [4.69, 9.17) is 5.26 Å². The fourth-order valence-electron chi connectivity index (χ4n) is 2.80. The highest BCUT2D eigenvalue weighted by atomic mass is 15.2. The van der Waals surface area contributed by atoms with Crippen LogP contribution in [0.25, 0.3) is 0 Å². The fourth-order valence-corrected chi connectivity index (χ4v) is 2.80. The SMILES string of the molecule is CC(C)CN(CCCC(C)(C)C#N)CC1CCCN1. The zero-order valence-electron chi connectivity index (χ0n) is 13.2. The molecule has 1 atom stereocenters. The third-order valence-electron chi connectivity index (χ3n) is 3.84. The van der Waals surface area contributed by atoms with Crippen LogP contribution in [0.2, 0.25) is 0 Å². The highest BCUT2D eigenvalue weighted by Gasteiger charge is 2.20. The van der Waals surface area contributed by atoms with E-state index in [0.717, 1.165) is 19.4 Å². The van der Waals surface area contributed by atoms with Gasteiger partial charge in [-0.25, -0.2) is 0 Å². The first-order chi connectivity index (χ1) is 8.93. The lowest BCUT2D eigenvalue weighted by atomic mass is 9.90. The first-order valence-corrected chi connectivity index (χ1v) is 7.80. The maximum absolute atomic E-state index is 9.06. The van der Waals surface area contributed by atoms with E-state index in [1.165, 1.54) is 32.5 Å². The predicted octanol–water partition coefficient (Wildman–Crippen LogP) is 3.03. The van der Waals surface area contributed by atoms with Crippen molar-refractivity contribution < 1.29 is 0 Å². The number of rotatable bonds is 8. The lowest BCUT2D eigenvalue weighted by Crippen LogP contribution is -2.40. The van der Waals surface area contributed by atoms with Gasteiger partial charge in [0.15, 0.2) is 0 Å². The summed E-state index contributed by atoms with van der Waals surface area (Å²) in [4.78, 5) is 2.58. The van der Waals surface area contributed by atoms with Gasteiger partial charge in [0.05, 0.1) is 11.5 Å². The van der Waals surface area contributed by atoms with E-state index in [-0.39, 0.29) is 5.41 Å². The molecular weight excluding hydrogens is 234 g/mol. The quantitative estimate of drug-likeness (QED) is 0.733. The van der Waals surface area contributed by atoms with Crippen LogP contribution in [-0.2, 0) is 0 Å². The van der Waals surface area contributed by atoms with Crippen molar-refractivity contribution in [3.8, 4) is 6.07 Å². The average molecular weight is 265 g/mol. The number of nitrogens with one attached hydrogen (secondary N) is 1. The standard InChI is InChI=1S/C16H31N3/c1-14(2)11-19(12-15-7-5-9-18-15)10-6-8-16(3,4)13-17/h14-15,18H,5-12H2,1-4H3. The zero-order chi connectivity index (χ0) is 14.3. The minimum absolute atomic E-state index is 0.172. The van der Waals surface area contributed by atoms with E-state index in [0.29, 0.717) is 12.0 Å². The molecule has 1 fully saturated rings. The van der Waals surface area contributed by atoms with E-state index in [9.17, 15) is 0 Å². The molecule has 1 N–H and O–H groups in total. The van der Waals surface area contributed by atoms with Gasteiger partial charge in [-0.05, 0) is 58.5 Å². The lowest BCUT2D eigenvalue weighted by Gasteiger charge is -2.28. The molecule has 0 spiro atoms. The predicted molar refractivity (Wildman–Crippen MR) is 80.9 cm³/mol. The normalized spacial score (nSPS) is 20.2. The van der Waals surface area contributed by atoms with Crippen molar-refractivity contribution in [1.29, 1.82) is 5.26 Å². The molecule has 0 aromatic heterocycles. The lowest BCUT2D eigenvalue weighted by molar-refractivity contribution is 0.213. The van der Waals surface area contributed by atoms with Crippen molar-refractivity contribution in [2.75, 3.05) is 26.2 Å². The Morgan fingerprint density at radius 1 is 1.42 bits per heavy atom. The van der Waals surface area contributed by atoms with Gasteiger partial charge >= 0.3 is 0 Å². The van der Waals surface area contributed by atoms with Gasteiger partial charge in [0.2, 0.25) is 0 Å². The van der Waals surface area contributed by atoms with Crippen LogP contribution in [0.4, 0.5) is 0 Å². The molecule has 0 aliphatic carbocycles. The van der Waals surface area contributed by atoms with E-state index < -0.39 is 0 Å². The Hall–Kier alpha value is -0.590. The first-order valence-electron chi connectivity index (χ1n) is 7.80. The van der Waals surface area contributed by atoms with Crippen molar-refractivity contribution in [2.24, 2.45) is 11.3 Å². The summed E-state index contributed by atoms with van der Waals surface area (Å²) in [6.07, 6.45) is 4.76. The van der Waals surface area contributed by atoms with Crippen LogP contribution in [-0.4, -0.2) is 37.1 Å². The van der Waals surface area contributed by atoms with Crippen LogP contribution >= 0.6 is 0 Å². The molecule has 1 aliphatic heterocycles. The smallest absolute Gasteiger partial charge is 0.0683 e. The van der Waals surface area contributed by atoms with Crippen LogP contribution in [0.15, 0.2) is 0 Å². The summed E-state index contributed by atoms with van der Waals surface area (Å²) in [7, 11) is 0. The van der Waals surface area contributed by atoms with E-state index in [2.05, 4.69) is 30.1 Å². The van der Waals surface area contributed by atoms with E-state index >= 15 is 0 Å². The van der Waals surface area contributed by atoms with Crippen molar-refractivity contribution in [2.45, 2.75) is 59.4 Å². The van der Waals surface area contributed by atoms with Gasteiger partial charge in [-0.2, -0.15) is 5.26 Å². The Bertz CT molecular complexity index is 285. The Balaban J connectivity index is 2.34. The molecule has 1 unspecified atom stereocenters. The third kappa shape index (κ3) is 6.94. The number of hydrogen-bond donors (Lipinski definition) is 1. The molecule has 1 aliphatic rings. The Morgan fingerprint density at radius 3 is 2.68 bits per heavy atom. The van der Waals surface area contributed by atoms with Gasteiger partial charge < -0.3 is 10.2 Å². The Morgan fingerprint density at radius 2 is 2.16 bits per heavy atom. The summed E-state index contributed by atoms with van der Waals surface area (Å²) >= 11 is 0. The molecule has 0 aromatic rings. The van der Waals surface area contributed by atoms with E-state index in [1.54, 1.807) is 0 Å². The van der Waals surface area contributed by atoms with Crippen LogP contribution in [0.1, 0.15) is 53.4 Å².